The quantitative estimate of drug-likeness (QED) is 0.664. The van der Waals surface area contributed by atoms with E-state index in [0.717, 1.165) is 70.9 Å². The molecule has 1 aromatic rings. The summed E-state index contributed by atoms with van der Waals surface area (Å²) in [6.45, 7) is 8.38. The maximum atomic E-state index is 11.9. The van der Waals surface area contributed by atoms with E-state index in [1.54, 1.807) is 0 Å². The molecule has 2 saturated heterocycles. The van der Waals surface area contributed by atoms with Crippen molar-refractivity contribution in [3.63, 3.8) is 0 Å². The Morgan fingerprint density at radius 2 is 1.74 bits per heavy atom. The average molecular weight is 393 g/mol. The largest absolute Gasteiger partial charge is 0.379 e. The van der Waals surface area contributed by atoms with E-state index in [-0.39, 0.29) is 6.03 Å². The van der Waals surface area contributed by atoms with E-state index in [2.05, 4.69) is 44.7 Å². The summed E-state index contributed by atoms with van der Waals surface area (Å²) >= 11 is 2.02. The monoisotopic (exact) mass is 392 g/mol. The lowest BCUT2D eigenvalue weighted by molar-refractivity contribution is 0.0372. The van der Waals surface area contributed by atoms with Gasteiger partial charge < -0.3 is 20.3 Å². The normalized spacial score (nSPS) is 18.3. The molecule has 2 amide bonds. The highest BCUT2D eigenvalue weighted by Crippen LogP contribution is 2.19. The molecule has 2 aliphatic heterocycles. The molecule has 0 aliphatic carbocycles. The summed E-state index contributed by atoms with van der Waals surface area (Å²) in [6.07, 6.45) is 2.12. The molecule has 150 valence electrons. The molecule has 0 atom stereocenters. The first-order chi connectivity index (χ1) is 13.3. The third-order valence-corrected chi connectivity index (χ3v) is 6.00. The summed E-state index contributed by atoms with van der Waals surface area (Å²) in [5, 5.41) is 5.89. The van der Waals surface area contributed by atoms with Crippen LogP contribution in [0.2, 0.25) is 0 Å². The molecular formula is C20H32N4O2S. The molecule has 27 heavy (non-hydrogen) atoms. The molecule has 2 heterocycles. The Kier molecular flexibility index (Phi) is 8.58. The van der Waals surface area contributed by atoms with Gasteiger partial charge in [0, 0.05) is 56.5 Å². The van der Waals surface area contributed by atoms with Gasteiger partial charge in [0.15, 0.2) is 0 Å². The fourth-order valence-electron chi connectivity index (χ4n) is 3.38. The number of anilines is 1. The molecule has 2 fully saturated rings. The fraction of sp³-hybridized carbons (Fsp3) is 0.650. The first kappa shape index (κ1) is 20.3. The van der Waals surface area contributed by atoms with Gasteiger partial charge in [-0.3, -0.25) is 4.90 Å². The zero-order chi connectivity index (χ0) is 18.7. The number of thioether (sulfide) groups is 1. The van der Waals surface area contributed by atoms with E-state index in [9.17, 15) is 4.79 Å². The predicted molar refractivity (Wildman–Crippen MR) is 113 cm³/mol. The summed E-state index contributed by atoms with van der Waals surface area (Å²) in [6, 6.07) is 8.46. The minimum Gasteiger partial charge on any atom is -0.379 e. The number of ether oxygens (including phenoxy) is 1. The van der Waals surface area contributed by atoms with Crippen LogP contribution < -0.4 is 15.5 Å². The van der Waals surface area contributed by atoms with Gasteiger partial charge >= 0.3 is 6.03 Å². The van der Waals surface area contributed by atoms with Gasteiger partial charge in [0.05, 0.1) is 13.2 Å². The average Bonchev–Trinajstić information content (AvgIpc) is 2.74. The fourth-order valence-corrected chi connectivity index (χ4v) is 4.28. The molecule has 0 unspecified atom stereocenters. The van der Waals surface area contributed by atoms with Gasteiger partial charge in [-0.25, -0.2) is 4.79 Å². The number of unbranched alkanes of at least 4 members (excludes halogenated alkanes) is 1. The van der Waals surface area contributed by atoms with Crippen molar-refractivity contribution in [3.8, 4) is 0 Å². The number of carbonyl (C=O) groups is 1. The minimum atomic E-state index is -0.0847. The van der Waals surface area contributed by atoms with Crippen molar-refractivity contribution in [1.82, 2.24) is 15.5 Å². The molecule has 2 aliphatic rings. The van der Waals surface area contributed by atoms with Gasteiger partial charge in [-0.05, 0) is 37.1 Å². The second-order valence-corrected chi connectivity index (χ2v) is 8.26. The topological polar surface area (TPSA) is 56.8 Å². The number of carbonyl (C=O) groups excluding carboxylic acids is 1. The molecule has 6 nitrogen and oxygen atoms in total. The molecule has 0 bridgehead atoms. The number of hydrogen-bond donors (Lipinski definition) is 2. The van der Waals surface area contributed by atoms with E-state index in [1.807, 2.05) is 11.8 Å². The van der Waals surface area contributed by atoms with Crippen molar-refractivity contribution in [3.05, 3.63) is 29.8 Å². The van der Waals surface area contributed by atoms with Crippen LogP contribution in [-0.4, -0.2) is 74.9 Å². The number of nitrogens with zero attached hydrogens (tertiary/aromatic N) is 2. The number of rotatable bonds is 8. The minimum absolute atomic E-state index is 0.0847. The van der Waals surface area contributed by atoms with Gasteiger partial charge in [0.25, 0.3) is 0 Å². The third kappa shape index (κ3) is 7.24. The SMILES string of the molecule is O=C(NCCCCN1CCOCC1)NCc1ccc(N2CCSCC2)cc1. The predicted octanol–water partition coefficient (Wildman–Crippen LogP) is 2.15. The van der Waals surface area contributed by atoms with Gasteiger partial charge in [0.2, 0.25) is 0 Å². The number of benzene rings is 1. The summed E-state index contributed by atoms with van der Waals surface area (Å²) in [4.78, 5) is 16.8. The Morgan fingerprint density at radius 1 is 1.00 bits per heavy atom. The van der Waals surface area contributed by atoms with Crippen LogP contribution in [-0.2, 0) is 11.3 Å². The summed E-state index contributed by atoms with van der Waals surface area (Å²) in [5.41, 5.74) is 2.41. The summed E-state index contributed by atoms with van der Waals surface area (Å²) < 4.78 is 5.35. The van der Waals surface area contributed by atoms with Crippen molar-refractivity contribution >= 4 is 23.5 Å². The van der Waals surface area contributed by atoms with Crippen LogP contribution in [0.3, 0.4) is 0 Å². The highest BCUT2D eigenvalue weighted by Gasteiger charge is 2.11. The number of nitrogens with one attached hydrogen (secondary N) is 2. The van der Waals surface area contributed by atoms with Crippen LogP contribution >= 0.6 is 11.8 Å². The second kappa shape index (κ2) is 11.4. The molecule has 0 aromatic heterocycles. The zero-order valence-corrected chi connectivity index (χ0v) is 16.9. The van der Waals surface area contributed by atoms with Crippen LogP contribution in [0, 0.1) is 0 Å². The maximum Gasteiger partial charge on any atom is 0.315 e. The lowest BCUT2D eigenvalue weighted by Gasteiger charge is -2.28. The Labute approximate surface area is 167 Å². The van der Waals surface area contributed by atoms with Gasteiger partial charge in [-0.15, -0.1) is 0 Å². The van der Waals surface area contributed by atoms with E-state index in [0.29, 0.717) is 6.54 Å². The van der Waals surface area contributed by atoms with Crippen LogP contribution in [0.15, 0.2) is 24.3 Å². The van der Waals surface area contributed by atoms with E-state index in [1.165, 1.54) is 17.2 Å². The van der Waals surface area contributed by atoms with Crippen LogP contribution in [0.4, 0.5) is 10.5 Å². The molecule has 0 spiro atoms. The lowest BCUT2D eigenvalue weighted by atomic mass is 10.2. The van der Waals surface area contributed by atoms with Crippen molar-refractivity contribution in [2.75, 3.05) is 68.9 Å². The zero-order valence-electron chi connectivity index (χ0n) is 16.1. The smallest absolute Gasteiger partial charge is 0.315 e. The molecule has 1 aromatic carbocycles. The lowest BCUT2D eigenvalue weighted by Crippen LogP contribution is -2.38. The molecule has 3 rings (SSSR count). The Hall–Kier alpha value is -1.44. The molecule has 0 saturated carbocycles. The van der Waals surface area contributed by atoms with Crippen LogP contribution in [0.25, 0.3) is 0 Å². The standard InChI is InChI=1S/C20H32N4O2S/c25-20(21-7-1-2-8-23-9-13-26-14-10-23)22-17-18-3-5-19(6-4-18)24-11-15-27-16-12-24/h3-6H,1-2,7-17H2,(H2,21,22,25). The highest BCUT2D eigenvalue weighted by atomic mass is 32.2. The third-order valence-electron chi connectivity index (χ3n) is 5.06. The van der Waals surface area contributed by atoms with Crippen LogP contribution in [0.5, 0.6) is 0 Å². The van der Waals surface area contributed by atoms with E-state index in [4.69, 9.17) is 4.74 Å². The molecule has 2 N–H and O–H groups in total. The van der Waals surface area contributed by atoms with Crippen molar-refractivity contribution in [2.24, 2.45) is 0 Å². The Balaban J connectivity index is 1.26. The highest BCUT2D eigenvalue weighted by molar-refractivity contribution is 7.99. The van der Waals surface area contributed by atoms with Crippen LogP contribution in [0.1, 0.15) is 18.4 Å². The Morgan fingerprint density at radius 3 is 2.48 bits per heavy atom. The number of hydrogen-bond acceptors (Lipinski definition) is 5. The van der Waals surface area contributed by atoms with Gasteiger partial charge in [-0.1, -0.05) is 12.1 Å². The second-order valence-electron chi connectivity index (χ2n) is 7.04. The van der Waals surface area contributed by atoms with E-state index >= 15 is 0 Å². The number of morpholine rings is 1. The van der Waals surface area contributed by atoms with Gasteiger partial charge in [-0.2, -0.15) is 11.8 Å². The van der Waals surface area contributed by atoms with Crippen molar-refractivity contribution < 1.29 is 9.53 Å². The van der Waals surface area contributed by atoms with Crippen molar-refractivity contribution in [2.45, 2.75) is 19.4 Å². The summed E-state index contributed by atoms with van der Waals surface area (Å²) in [5.74, 6) is 2.41. The molecular weight excluding hydrogens is 360 g/mol. The number of amides is 2. The molecule has 7 heteroatoms. The first-order valence-corrected chi connectivity index (χ1v) is 11.2. The number of urea groups is 1. The maximum absolute atomic E-state index is 11.9. The first-order valence-electron chi connectivity index (χ1n) is 10.0. The van der Waals surface area contributed by atoms with Gasteiger partial charge in [0.1, 0.15) is 0 Å². The Bertz CT molecular complexity index is 558. The van der Waals surface area contributed by atoms with Crippen molar-refractivity contribution in [1.29, 1.82) is 0 Å². The van der Waals surface area contributed by atoms with E-state index < -0.39 is 0 Å². The summed E-state index contributed by atoms with van der Waals surface area (Å²) in [7, 11) is 0. The molecule has 0 radical (unpaired) electrons.